The van der Waals surface area contributed by atoms with Gasteiger partial charge in [-0.05, 0) is 44.4 Å². The van der Waals surface area contributed by atoms with Gasteiger partial charge < -0.3 is 15.5 Å². The van der Waals surface area contributed by atoms with Gasteiger partial charge in [0.2, 0.25) is 11.8 Å². The molecule has 0 bridgehead atoms. The summed E-state index contributed by atoms with van der Waals surface area (Å²) < 4.78 is 0. The third-order valence-corrected chi connectivity index (χ3v) is 4.73. The van der Waals surface area contributed by atoms with Crippen molar-refractivity contribution in [3.63, 3.8) is 0 Å². The first kappa shape index (κ1) is 22.9. The normalized spacial score (nSPS) is 10.4. The molecule has 2 amide bonds. The van der Waals surface area contributed by atoms with Crippen LogP contribution in [0.2, 0.25) is 0 Å². The summed E-state index contributed by atoms with van der Waals surface area (Å²) in [4.78, 5) is 36.6. The number of likely N-dealkylation sites (N-methyl/N-ethyl adjacent to an activating group) is 1. The number of nitro groups is 1. The van der Waals surface area contributed by atoms with Crippen LogP contribution < -0.4 is 10.6 Å². The quantitative estimate of drug-likeness (QED) is 0.370. The molecule has 0 spiro atoms. The van der Waals surface area contributed by atoms with Crippen molar-refractivity contribution in [3.8, 4) is 0 Å². The van der Waals surface area contributed by atoms with E-state index in [1.54, 1.807) is 25.2 Å². The van der Waals surface area contributed by atoms with Crippen LogP contribution >= 0.6 is 0 Å². The van der Waals surface area contributed by atoms with E-state index in [0.29, 0.717) is 18.7 Å². The second-order valence-electron chi connectivity index (χ2n) is 7.38. The van der Waals surface area contributed by atoms with Crippen LogP contribution in [0.3, 0.4) is 0 Å². The van der Waals surface area contributed by atoms with Gasteiger partial charge in [-0.1, -0.05) is 29.8 Å². The van der Waals surface area contributed by atoms with Gasteiger partial charge in [0, 0.05) is 31.8 Å². The highest BCUT2D eigenvalue weighted by atomic mass is 16.6. The number of hydrogen-bond donors (Lipinski definition) is 2. The van der Waals surface area contributed by atoms with Crippen LogP contribution in [0.5, 0.6) is 0 Å². The van der Waals surface area contributed by atoms with E-state index in [0.717, 1.165) is 22.4 Å². The van der Waals surface area contributed by atoms with Gasteiger partial charge in [0.25, 0.3) is 5.69 Å². The number of rotatable bonds is 9. The van der Waals surface area contributed by atoms with Crippen LogP contribution in [0.4, 0.5) is 17.1 Å². The molecule has 2 aromatic rings. The molecular weight excluding hydrogens is 384 g/mol. The maximum atomic E-state index is 12.4. The molecule has 2 N–H and O–H groups in total. The fourth-order valence-corrected chi connectivity index (χ4v) is 3.30. The minimum atomic E-state index is -0.447. The van der Waals surface area contributed by atoms with Crippen LogP contribution in [0.15, 0.2) is 36.4 Å². The smallest absolute Gasteiger partial charge is 0.292 e. The van der Waals surface area contributed by atoms with Gasteiger partial charge in [-0.25, -0.2) is 0 Å². The minimum absolute atomic E-state index is 0.000640. The molecule has 2 rings (SSSR count). The summed E-state index contributed by atoms with van der Waals surface area (Å²) in [6.07, 6.45) is 0.729. The molecule has 0 heterocycles. The Balaban J connectivity index is 1.80. The highest BCUT2D eigenvalue weighted by Gasteiger charge is 2.15. The highest BCUT2D eigenvalue weighted by molar-refractivity contribution is 5.95. The number of aryl methyl sites for hydroxylation is 3. The molecule has 0 aliphatic rings. The molecule has 0 atom stereocenters. The van der Waals surface area contributed by atoms with Gasteiger partial charge in [0.1, 0.15) is 5.69 Å². The van der Waals surface area contributed by atoms with E-state index in [9.17, 15) is 19.7 Å². The molecule has 0 aliphatic heterocycles. The summed E-state index contributed by atoms with van der Waals surface area (Å²) in [6.45, 7) is 6.26. The average Bonchev–Trinajstić information content (AvgIpc) is 2.68. The fourth-order valence-electron chi connectivity index (χ4n) is 3.30. The van der Waals surface area contributed by atoms with E-state index in [1.807, 2.05) is 32.9 Å². The van der Waals surface area contributed by atoms with Gasteiger partial charge in [-0.2, -0.15) is 0 Å². The van der Waals surface area contributed by atoms with Crippen molar-refractivity contribution < 1.29 is 14.5 Å². The number of carbonyl (C=O) groups is 2. The molecule has 0 aromatic heterocycles. The first-order chi connectivity index (χ1) is 14.2. The van der Waals surface area contributed by atoms with Crippen molar-refractivity contribution in [2.45, 2.75) is 33.6 Å². The Kier molecular flexibility index (Phi) is 7.91. The van der Waals surface area contributed by atoms with E-state index in [-0.39, 0.29) is 30.5 Å². The van der Waals surface area contributed by atoms with Gasteiger partial charge in [-0.15, -0.1) is 0 Å². The summed E-state index contributed by atoms with van der Waals surface area (Å²) in [5.41, 5.74) is 4.29. The molecule has 8 nitrogen and oxygen atoms in total. The van der Waals surface area contributed by atoms with E-state index < -0.39 is 4.92 Å². The largest absolute Gasteiger partial charge is 0.379 e. The Bertz CT molecular complexity index is 919. The van der Waals surface area contributed by atoms with Crippen LogP contribution in [-0.4, -0.2) is 41.8 Å². The molecule has 0 unspecified atom stereocenters. The predicted molar refractivity (Wildman–Crippen MR) is 118 cm³/mol. The first-order valence-electron chi connectivity index (χ1n) is 9.78. The Morgan fingerprint density at radius 2 is 1.73 bits per heavy atom. The zero-order chi connectivity index (χ0) is 22.3. The number of benzene rings is 2. The summed E-state index contributed by atoms with van der Waals surface area (Å²) in [5, 5.41) is 16.9. The summed E-state index contributed by atoms with van der Waals surface area (Å²) in [7, 11) is 1.59. The number of nitrogens with zero attached hydrogens (tertiary/aromatic N) is 2. The van der Waals surface area contributed by atoms with Crippen molar-refractivity contribution in [2.75, 3.05) is 30.8 Å². The zero-order valence-electron chi connectivity index (χ0n) is 17.8. The lowest BCUT2D eigenvalue weighted by atomic mass is 10.1. The van der Waals surface area contributed by atoms with Crippen LogP contribution in [0.1, 0.15) is 29.5 Å². The van der Waals surface area contributed by atoms with E-state index in [4.69, 9.17) is 0 Å². The average molecular weight is 412 g/mol. The third kappa shape index (κ3) is 6.30. The summed E-state index contributed by atoms with van der Waals surface area (Å²) >= 11 is 0. The molecule has 0 fully saturated rings. The molecule has 2 aromatic carbocycles. The van der Waals surface area contributed by atoms with Gasteiger partial charge in [0.15, 0.2) is 0 Å². The number of nitrogens with one attached hydrogen (secondary N) is 2. The maximum absolute atomic E-state index is 12.4. The minimum Gasteiger partial charge on any atom is -0.379 e. The number of para-hydroxylation sites is 2. The molecule has 0 radical (unpaired) electrons. The van der Waals surface area contributed by atoms with Gasteiger partial charge in [0.05, 0.1) is 11.5 Å². The summed E-state index contributed by atoms with van der Waals surface area (Å²) in [6, 6.07) is 10.4. The number of hydrogen-bond acceptors (Lipinski definition) is 5. The lowest BCUT2D eigenvalue weighted by molar-refractivity contribution is -0.384. The SMILES string of the molecule is Cc1cc(C)c(NC(=O)CN(C)C(=O)CCCNc2ccccc2[N+](=O)[O-])c(C)c1. The molecule has 0 aliphatic carbocycles. The van der Waals surface area contributed by atoms with Gasteiger partial charge >= 0.3 is 0 Å². The molecule has 160 valence electrons. The van der Waals surface area contributed by atoms with E-state index in [2.05, 4.69) is 10.6 Å². The standard InChI is InChI=1S/C22H28N4O4/c1-15-12-16(2)22(17(3)13-15)24-20(27)14-25(4)21(28)10-7-11-23-18-8-5-6-9-19(18)26(29)30/h5-6,8-9,12-13,23H,7,10-11,14H2,1-4H3,(H,24,27). The monoisotopic (exact) mass is 412 g/mol. The molecule has 8 heteroatoms. The molecule has 0 saturated heterocycles. The highest BCUT2D eigenvalue weighted by Crippen LogP contribution is 2.23. The number of anilines is 2. The molecule has 0 saturated carbocycles. The van der Waals surface area contributed by atoms with Crippen LogP contribution in [0.25, 0.3) is 0 Å². The van der Waals surface area contributed by atoms with E-state index >= 15 is 0 Å². The number of amides is 2. The Morgan fingerprint density at radius 1 is 1.10 bits per heavy atom. The lowest BCUT2D eigenvalue weighted by Crippen LogP contribution is -2.35. The topological polar surface area (TPSA) is 105 Å². The van der Waals surface area contributed by atoms with Crippen molar-refractivity contribution in [2.24, 2.45) is 0 Å². The predicted octanol–water partition coefficient (Wildman–Crippen LogP) is 3.81. The third-order valence-electron chi connectivity index (χ3n) is 4.73. The fraction of sp³-hybridized carbons (Fsp3) is 0.364. The van der Waals surface area contributed by atoms with Crippen molar-refractivity contribution in [3.05, 3.63) is 63.2 Å². The Hall–Kier alpha value is -3.42. The van der Waals surface area contributed by atoms with Crippen LogP contribution in [0, 0.1) is 30.9 Å². The Labute approximate surface area is 176 Å². The van der Waals surface area contributed by atoms with Crippen molar-refractivity contribution in [1.82, 2.24) is 4.90 Å². The Morgan fingerprint density at radius 3 is 2.37 bits per heavy atom. The number of carbonyl (C=O) groups excluding carboxylic acids is 2. The van der Waals surface area contributed by atoms with E-state index in [1.165, 1.54) is 11.0 Å². The second-order valence-corrected chi connectivity index (χ2v) is 7.38. The van der Waals surface area contributed by atoms with Crippen molar-refractivity contribution in [1.29, 1.82) is 0 Å². The number of nitro benzene ring substituents is 1. The zero-order valence-corrected chi connectivity index (χ0v) is 17.8. The molecule has 30 heavy (non-hydrogen) atoms. The lowest BCUT2D eigenvalue weighted by Gasteiger charge is -2.18. The van der Waals surface area contributed by atoms with Gasteiger partial charge in [-0.3, -0.25) is 19.7 Å². The van der Waals surface area contributed by atoms with Crippen LogP contribution in [-0.2, 0) is 9.59 Å². The second kappa shape index (κ2) is 10.4. The maximum Gasteiger partial charge on any atom is 0.292 e. The first-order valence-corrected chi connectivity index (χ1v) is 9.78. The van der Waals surface area contributed by atoms with Crippen molar-refractivity contribution >= 4 is 28.9 Å². The summed E-state index contributed by atoms with van der Waals surface area (Å²) in [5.74, 6) is -0.411. The molecular formula is C22H28N4O4.